The summed E-state index contributed by atoms with van der Waals surface area (Å²) in [6, 6.07) is 9.83. The van der Waals surface area contributed by atoms with Crippen molar-refractivity contribution < 1.29 is 0 Å². The summed E-state index contributed by atoms with van der Waals surface area (Å²) in [5.41, 5.74) is 3.72. The Kier molecular flexibility index (Phi) is 2.51. The lowest BCUT2D eigenvalue weighted by molar-refractivity contribution is 0.310. The van der Waals surface area contributed by atoms with Crippen molar-refractivity contribution in [1.29, 1.82) is 0 Å². The minimum atomic E-state index is 0.462. The molecule has 0 aromatic heterocycles. The van der Waals surface area contributed by atoms with Crippen LogP contribution in [0.4, 0.5) is 0 Å². The van der Waals surface area contributed by atoms with E-state index >= 15 is 0 Å². The van der Waals surface area contributed by atoms with Gasteiger partial charge in [0.1, 0.15) is 0 Å². The van der Waals surface area contributed by atoms with Crippen LogP contribution in [0.3, 0.4) is 0 Å². The van der Waals surface area contributed by atoms with Crippen molar-refractivity contribution >= 4 is 0 Å². The van der Waals surface area contributed by atoms with Gasteiger partial charge in [-0.05, 0) is 49.8 Å². The highest BCUT2D eigenvalue weighted by Gasteiger charge is 2.45. The number of benzene rings is 1. The first-order chi connectivity index (χ1) is 7.87. The first kappa shape index (κ1) is 10.3. The molecule has 1 fully saturated rings. The standard InChI is InChI=1S/C15H21N/c1-2-14-15(10-11-16-14)9-5-7-12-6-3-4-8-13(12)15/h3-4,6,8,14,16H,2,5,7,9-11H2,1H3. The molecule has 0 saturated carbocycles. The van der Waals surface area contributed by atoms with Crippen molar-refractivity contribution in [3.63, 3.8) is 0 Å². The second-order valence-electron chi connectivity index (χ2n) is 5.33. The first-order valence-electron chi connectivity index (χ1n) is 6.68. The van der Waals surface area contributed by atoms with Gasteiger partial charge in [0.2, 0.25) is 0 Å². The Morgan fingerprint density at radius 2 is 2.19 bits per heavy atom. The molecule has 1 heteroatoms. The fourth-order valence-corrected chi connectivity index (χ4v) is 3.95. The van der Waals surface area contributed by atoms with E-state index in [1.807, 2.05) is 0 Å². The number of hydrogen-bond acceptors (Lipinski definition) is 1. The summed E-state index contributed by atoms with van der Waals surface area (Å²) in [7, 11) is 0. The molecule has 1 aromatic carbocycles. The molecular weight excluding hydrogens is 194 g/mol. The van der Waals surface area contributed by atoms with Crippen LogP contribution in [-0.4, -0.2) is 12.6 Å². The molecule has 1 N–H and O–H groups in total. The largest absolute Gasteiger partial charge is 0.313 e. The summed E-state index contributed by atoms with van der Waals surface area (Å²) in [6.45, 7) is 3.52. The lowest BCUT2D eigenvalue weighted by atomic mass is 9.65. The predicted molar refractivity (Wildman–Crippen MR) is 67.8 cm³/mol. The Hall–Kier alpha value is -0.820. The predicted octanol–water partition coefficient (Wildman–Crippen LogP) is 3.03. The van der Waals surface area contributed by atoms with E-state index in [4.69, 9.17) is 0 Å². The van der Waals surface area contributed by atoms with Crippen LogP contribution in [0, 0.1) is 0 Å². The molecule has 1 aromatic rings. The highest BCUT2D eigenvalue weighted by Crippen LogP contribution is 2.45. The fraction of sp³-hybridized carbons (Fsp3) is 0.600. The summed E-state index contributed by atoms with van der Waals surface area (Å²) in [5, 5.41) is 3.71. The fourth-order valence-electron chi connectivity index (χ4n) is 3.95. The smallest absolute Gasteiger partial charge is 0.0162 e. The van der Waals surface area contributed by atoms with Crippen molar-refractivity contribution in [3.05, 3.63) is 35.4 Å². The summed E-state index contributed by atoms with van der Waals surface area (Å²) in [4.78, 5) is 0. The average Bonchev–Trinajstić information content (AvgIpc) is 2.73. The summed E-state index contributed by atoms with van der Waals surface area (Å²) < 4.78 is 0. The van der Waals surface area contributed by atoms with Gasteiger partial charge >= 0.3 is 0 Å². The Morgan fingerprint density at radius 3 is 3.06 bits per heavy atom. The van der Waals surface area contributed by atoms with Crippen molar-refractivity contribution in [2.45, 2.75) is 50.5 Å². The van der Waals surface area contributed by atoms with Gasteiger partial charge in [-0.3, -0.25) is 0 Å². The van der Waals surface area contributed by atoms with E-state index in [2.05, 4.69) is 36.5 Å². The van der Waals surface area contributed by atoms with Crippen molar-refractivity contribution in [3.8, 4) is 0 Å². The number of fused-ring (bicyclic) bond motifs is 2. The molecule has 1 spiro atoms. The van der Waals surface area contributed by atoms with Gasteiger partial charge in [0.25, 0.3) is 0 Å². The Labute approximate surface area is 98.3 Å². The van der Waals surface area contributed by atoms with Crippen LogP contribution >= 0.6 is 0 Å². The highest BCUT2D eigenvalue weighted by molar-refractivity contribution is 5.39. The lowest BCUT2D eigenvalue weighted by Gasteiger charge is -2.40. The SMILES string of the molecule is CCC1NCCC12CCCc1ccccc12. The minimum Gasteiger partial charge on any atom is -0.313 e. The second kappa shape index (κ2) is 3.89. The molecule has 1 aliphatic heterocycles. The maximum absolute atomic E-state index is 3.71. The molecule has 0 amide bonds. The molecule has 1 nitrogen and oxygen atoms in total. The van der Waals surface area contributed by atoms with E-state index in [0.29, 0.717) is 11.5 Å². The molecule has 2 unspecified atom stereocenters. The van der Waals surface area contributed by atoms with Gasteiger partial charge in [-0.25, -0.2) is 0 Å². The Balaban J connectivity index is 2.09. The zero-order valence-corrected chi connectivity index (χ0v) is 10.1. The van der Waals surface area contributed by atoms with Crippen molar-refractivity contribution in [1.82, 2.24) is 5.32 Å². The van der Waals surface area contributed by atoms with Crippen LogP contribution in [0.15, 0.2) is 24.3 Å². The number of aryl methyl sites for hydroxylation is 1. The topological polar surface area (TPSA) is 12.0 Å². The third-order valence-electron chi connectivity index (χ3n) is 4.66. The first-order valence-corrected chi connectivity index (χ1v) is 6.68. The molecule has 1 aliphatic carbocycles. The molecule has 3 rings (SSSR count). The van der Waals surface area contributed by atoms with E-state index in [-0.39, 0.29) is 0 Å². The minimum absolute atomic E-state index is 0.462. The molecular formula is C15H21N. The molecule has 1 heterocycles. The summed E-state index contributed by atoms with van der Waals surface area (Å²) >= 11 is 0. The Morgan fingerprint density at radius 1 is 1.31 bits per heavy atom. The molecule has 1 saturated heterocycles. The molecule has 2 aliphatic rings. The number of nitrogens with one attached hydrogen (secondary N) is 1. The highest BCUT2D eigenvalue weighted by atomic mass is 15.0. The molecule has 86 valence electrons. The molecule has 16 heavy (non-hydrogen) atoms. The van der Waals surface area contributed by atoms with E-state index < -0.39 is 0 Å². The third kappa shape index (κ3) is 1.34. The van der Waals surface area contributed by atoms with Crippen LogP contribution in [0.2, 0.25) is 0 Å². The number of rotatable bonds is 1. The number of hydrogen-bond donors (Lipinski definition) is 1. The maximum Gasteiger partial charge on any atom is 0.0162 e. The van der Waals surface area contributed by atoms with Crippen LogP contribution in [0.25, 0.3) is 0 Å². The van der Waals surface area contributed by atoms with E-state index in [1.54, 1.807) is 11.1 Å². The van der Waals surface area contributed by atoms with E-state index in [1.165, 1.54) is 38.6 Å². The van der Waals surface area contributed by atoms with Gasteiger partial charge in [-0.1, -0.05) is 31.2 Å². The van der Waals surface area contributed by atoms with Gasteiger partial charge in [-0.2, -0.15) is 0 Å². The van der Waals surface area contributed by atoms with Crippen LogP contribution in [0.5, 0.6) is 0 Å². The molecule has 0 radical (unpaired) electrons. The van der Waals surface area contributed by atoms with Gasteiger partial charge in [-0.15, -0.1) is 0 Å². The van der Waals surface area contributed by atoms with Crippen LogP contribution in [-0.2, 0) is 11.8 Å². The maximum atomic E-state index is 3.71. The normalized spacial score (nSPS) is 32.9. The second-order valence-corrected chi connectivity index (χ2v) is 5.33. The molecule has 2 atom stereocenters. The summed E-state index contributed by atoms with van der Waals surface area (Å²) in [6.07, 6.45) is 6.63. The Bertz CT molecular complexity index is 385. The average molecular weight is 215 g/mol. The zero-order chi connectivity index (χ0) is 11.0. The zero-order valence-electron chi connectivity index (χ0n) is 10.1. The quantitative estimate of drug-likeness (QED) is 0.759. The third-order valence-corrected chi connectivity index (χ3v) is 4.66. The monoisotopic (exact) mass is 215 g/mol. The summed E-state index contributed by atoms with van der Waals surface area (Å²) in [5.74, 6) is 0. The van der Waals surface area contributed by atoms with Gasteiger partial charge < -0.3 is 5.32 Å². The van der Waals surface area contributed by atoms with Crippen molar-refractivity contribution in [2.75, 3.05) is 6.54 Å². The lowest BCUT2D eigenvalue weighted by Crippen LogP contribution is -2.42. The van der Waals surface area contributed by atoms with Gasteiger partial charge in [0, 0.05) is 11.5 Å². The van der Waals surface area contributed by atoms with Gasteiger partial charge in [0.05, 0.1) is 0 Å². The van der Waals surface area contributed by atoms with E-state index in [0.717, 1.165) is 0 Å². The van der Waals surface area contributed by atoms with Crippen LogP contribution < -0.4 is 5.32 Å². The van der Waals surface area contributed by atoms with E-state index in [9.17, 15) is 0 Å². The molecule has 0 bridgehead atoms. The van der Waals surface area contributed by atoms with Crippen molar-refractivity contribution in [2.24, 2.45) is 0 Å². The van der Waals surface area contributed by atoms with Gasteiger partial charge in [0.15, 0.2) is 0 Å². The van der Waals surface area contributed by atoms with Crippen LogP contribution in [0.1, 0.15) is 43.7 Å².